The summed E-state index contributed by atoms with van der Waals surface area (Å²) < 4.78 is 0.944. The molecule has 0 spiro atoms. The molecule has 0 bridgehead atoms. The van der Waals surface area contributed by atoms with Crippen LogP contribution in [0.25, 0.3) is 6.08 Å². The Morgan fingerprint density at radius 1 is 1.27 bits per heavy atom. The number of hydrogen-bond acceptors (Lipinski definition) is 3. The predicted octanol–water partition coefficient (Wildman–Crippen LogP) is 4.26. The normalized spacial score (nSPS) is 16.5. The Labute approximate surface area is 144 Å². The largest absolute Gasteiger partial charge is 0.329 e. The molecule has 3 rings (SSSR count). The first-order valence-corrected chi connectivity index (χ1v) is 8.41. The van der Waals surface area contributed by atoms with Gasteiger partial charge in [0.05, 0.1) is 6.54 Å². The number of hydrogen-bond donors (Lipinski definition) is 1. The third kappa shape index (κ3) is 3.24. The second-order valence-electron chi connectivity index (χ2n) is 4.67. The lowest BCUT2D eigenvalue weighted by atomic mass is 10.2. The molecule has 1 N–H and O–H groups in total. The molecule has 0 radical (unpaired) electrons. The number of rotatable bonds is 3. The van der Waals surface area contributed by atoms with E-state index in [1.807, 2.05) is 11.4 Å². The molecule has 1 saturated heterocycles. The van der Waals surface area contributed by atoms with Crippen molar-refractivity contribution in [3.8, 4) is 0 Å². The Morgan fingerprint density at radius 2 is 2.00 bits per heavy atom. The number of carbonyl (C=O) groups is 2. The maximum Gasteiger partial charge on any atom is 0.329 e. The van der Waals surface area contributed by atoms with Crippen LogP contribution >= 0.6 is 38.9 Å². The Kier molecular flexibility index (Phi) is 4.33. The summed E-state index contributed by atoms with van der Waals surface area (Å²) in [5.41, 5.74) is 1.13. The molecule has 2 heterocycles. The molecule has 112 valence electrons. The Hall–Kier alpha value is -1.63. The molecule has 3 amide bonds. The fourth-order valence-corrected chi connectivity index (χ4v) is 3.54. The summed E-state index contributed by atoms with van der Waals surface area (Å²) in [5.74, 6) is -0.329. The molecular weight excluding hydrogens is 388 g/mol. The van der Waals surface area contributed by atoms with Crippen LogP contribution in [0.5, 0.6) is 0 Å². The smallest absolute Gasteiger partial charge is 0.303 e. The number of carbonyl (C=O) groups excluding carboxylic acids is 2. The summed E-state index contributed by atoms with van der Waals surface area (Å²) in [7, 11) is 0. The zero-order valence-corrected chi connectivity index (χ0v) is 14.3. The minimum absolute atomic E-state index is 0.216. The summed E-state index contributed by atoms with van der Waals surface area (Å²) >= 11 is 10.7. The van der Waals surface area contributed by atoms with Crippen molar-refractivity contribution in [2.75, 3.05) is 0 Å². The maximum atomic E-state index is 12.3. The molecule has 0 unspecified atom stereocenters. The van der Waals surface area contributed by atoms with Gasteiger partial charge in [-0.15, -0.1) is 11.3 Å². The third-order valence-electron chi connectivity index (χ3n) is 3.09. The topological polar surface area (TPSA) is 49.4 Å². The molecule has 2 aromatic rings. The highest BCUT2D eigenvalue weighted by Gasteiger charge is 2.33. The van der Waals surface area contributed by atoms with Crippen molar-refractivity contribution in [1.29, 1.82) is 0 Å². The van der Waals surface area contributed by atoms with E-state index in [-0.39, 0.29) is 18.1 Å². The van der Waals surface area contributed by atoms with Crippen molar-refractivity contribution in [1.82, 2.24) is 10.2 Å². The predicted molar refractivity (Wildman–Crippen MR) is 90.5 cm³/mol. The van der Waals surface area contributed by atoms with Crippen LogP contribution in [0.1, 0.15) is 10.4 Å². The van der Waals surface area contributed by atoms with E-state index in [4.69, 9.17) is 11.6 Å². The SMILES string of the molecule is O=C1NC(=Cc2cc(Br)cs2)C(=O)N1Cc1ccc(Cl)cc1. The standard InChI is InChI=1S/C15H10BrClN2O2S/c16-10-5-12(22-8-10)6-13-14(20)19(15(21)18-13)7-9-1-3-11(17)4-2-9/h1-6,8H,7H2,(H,18,21). The molecule has 0 aliphatic carbocycles. The van der Waals surface area contributed by atoms with Gasteiger partial charge >= 0.3 is 6.03 Å². The number of urea groups is 1. The molecule has 1 fully saturated rings. The minimum atomic E-state index is -0.415. The lowest BCUT2D eigenvalue weighted by molar-refractivity contribution is -0.123. The van der Waals surface area contributed by atoms with Gasteiger partial charge in [0.25, 0.3) is 5.91 Å². The van der Waals surface area contributed by atoms with Crippen LogP contribution in [0.2, 0.25) is 5.02 Å². The first-order chi connectivity index (χ1) is 10.5. The van der Waals surface area contributed by atoms with E-state index in [0.717, 1.165) is 14.9 Å². The Balaban J connectivity index is 1.79. The summed E-state index contributed by atoms with van der Waals surface area (Å²) in [6.07, 6.45) is 1.68. The number of halogens is 2. The number of benzene rings is 1. The zero-order chi connectivity index (χ0) is 15.7. The maximum absolute atomic E-state index is 12.3. The zero-order valence-electron chi connectivity index (χ0n) is 11.2. The number of imide groups is 1. The second kappa shape index (κ2) is 6.24. The van der Waals surface area contributed by atoms with Crippen LogP contribution in [0.3, 0.4) is 0 Å². The van der Waals surface area contributed by atoms with E-state index < -0.39 is 6.03 Å². The van der Waals surface area contributed by atoms with Gasteiger partial charge in [0, 0.05) is 19.8 Å². The number of thiophene rings is 1. The van der Waals surface area contributed by atoms with E-state index in [1.54, 1.807) is 30.3 Å². The molecule has 1 aliphatic rings. The van der Waals surface area contributed by atoms with E-state index in [2.05, 4.69) is 21.2 Å². The summed E-state index contributed by atoms with van der Waals surface area (Å²) in [6.45, 7) is 0.216. The van der Waals surface area contributed by atoms with Gasteiger partial charge in [-0.1, -0.05) is 23.7 Å². The van der Waals surface area contributed by atoms with Crippen LogP contribution in [-0.4, -0.2) is 16.8 Å². The van der Waals surface area contributed by atoms with Gasteiger partial charge in [0.2, 0.25) is 0 Å². The third-order valence-corrected chi connectivity index (χ3v) is 4.98. The van der Waals surface area contributed by atoms with E-state index >= 15 is 0 Å². The van der Waals surface area contributed by atoms with Crippen molar-refractivity contribution >= 4 is 56.9 Å². The quantitative estimate of drug-likeness (QED) is 0.621. The van der Waals surface area contributed by atoms with Crippen LogP contribution in [-0.2, 0) is 11.3 Å². The summed E-state index contributed by atoms with van der Waals surface area (Å²) in [6, 6.07) is 8.52. The van der Waals surface area contributed by atoms with Crippen molar-refractivity contribution in [2.24, 2.45) is 0 Å². The molecule has 1 aliphatic heterocycles. The fourth-order valence-electron chi connectivity index (χ4n) is 2.03. The highest BCUT2D eigenvalue weighted by atomic mass is 79.9. The van der Waals surface area contributed by atoms with Gasteiger partial charge in [-0.2, -0.15) is 0 Å². The number of nitrogens with one attached hydrogen (secondary N) is 1. The fraction of sp³-hybridized carbons (Fsp3) is 0.0667. The van der Waals surface area contributed by atoms with Crippen molar-refractivity contribution in [3.05, 3.63) is 61.3 Å². The van der Waals surface area contributed by atoms with Crippen LogP contribution in [0, 0.1) is 0 Å². The Morgan fingerprint density at radius 3 is 2.64 bits per heavy atom. The molecule has 22 heavy (non-hydrogen) atoms. The molecule has 1 aromatic carbocycles. The van der Waals surface area contributed by atoms with E-state index in [1.165, 1.54) is 16.2 Å². The molecule has 4 nitrogen and oxygen atoms in total. The second-order valence-corrected chi connectivity index (χ2v) is 6.97. The minimum Gasteiger partial charge on any atom is -0.303 e. The van der Waals surface area contributed by atoms with Crippen LogP contribution in [0.15, 0.2) is 45.9 Å². The average molecular weight is 398 g/mol. The van der Waals surface area contributed by atoms with Crippen molar-refractivity contribution in [2.45, 2.75) is 6.54 Å². The first kappa shape index (κ1) is 15.3. The first-order valence-electron chi connectivity index (χ1n) is 6.36. The van der Waals surface area contributed by atoms with E-state index in [0.29, 0.717) is 5.02 Å². The number of amides is 3. The van der Waals surface area contributed by atoms with Gasteiger partial charge < -0.3 is 5.32 Å². The van der Waals surface area contributed by atoms with Gasteiger partial charge in [-0.3, -0.25) is 9.69 Å². The van der Waals surface area contributed by atoms with Crippen LogP contribution in [0.4, 0.5) is 4.79 Å². The van der Waals surface area contributed by atoms with Crippen LogP contribution < -0.4 is 5.32 Å². The lowest BCUT2D eigenvalue weighted by Crippen LogP contribution is -2.30. The summed E-state index contributed by atoms with van der Waals surface area (Å²) in [4.78, 5) is 26.4. The highest BCUT2D eigenvalue weighted by Crippen LogP contribution is 2.24. The summed E-state index contributed by atoms with van der Waals surface area (Å²) in [5, 5.41) is 5.14. The molecule has 1 aromatic heterocycles. The van der Waals surface area contributed by atoms with Gasteiger partial charge in [-0.05, 0) is 45.8 Å². The van der Waals surface area contributed by atoms with E-state index in [9.17, 15) is 9.59 Å². The lowest BCUT2D eigenvalue weighted by Gasteiger charge is -2.11. The van der Waals surface area contributed by atoms with Crippen molar-refractivity contribution < 1.29 is 9.59 Å². The molecular formula is C15H10BrClN2O2S. The molecule has 0 atom stereocenters. The molecule has 0 saturated carbocycles. The van der Waals surface area contributed by atoms with Gasteiger partial charge in [0.1, 0.15) is 5.70 Å². The average Bonchev–Trinajstić information content (AvgIpc) is 3.00. The molecule has 7 heteroatoms. The Bertz CT molecular complexity index is 770. The number of nitrogens with zero attached hydrogens (tertiary/aromatic N) is 1. The van der Waals surface area contributed by atoms with Crippen molar-refractivity contribution in [3.63, 3.8) is 0 Å². The monoisotopic (exact) mass is 396 g/mol. The van der Waals surface area contributed by atoms with Gasteiger partial charge in [-0.25, -0.2) is 4.79 Å². The highest BCUT2D eigenvalue weighted by molar-refractivity contribution is 9.10. The van der Waals surface area contributed by atoms with Gasteiger partial charge in [0.15, 0.2) is 0 Å².